The highest BCUT2D eigenvalue weighted by Gasteiger charge is 2.18. The lowest BCUT2D eigenvalue weighted by molar-refractivity contribution is -0.116. The van der Waals surface area contributed by atoms with Crippen LogP contribution in [-0.4, -0.2) is 34.6 Å². The molecule has 4 aromatic rings. The predicted octanol–water partition coefficient (Wildman–Crippen LogP) is 1.14. The molecule has 0 unspecified atom stereocenters. The molecule has 152 valence electrons. The summed E-state index contributed by atoms with van der Waals surface area (Å²) in [6.07, 6.45) is 2.96. The highest BCUT2D eigenvalue weighted by Crippen LogP contribution is 2.11. The first-order valence-electron chi connectivity index (χ1n) is 8.91. The van der Waals surface area contributed by atoms with Crippen molar-refractivity contribution in [2.75, 3.05) is 5.32 Å². The minimum atomic E-state index is -0.537. The molecule has 0 bridgehead atoms. The molecule has 0 aliphatic rings. The van der Waals surface area contributed by atoms with Crippen molar-refractivity contribution < 1.29 is 4.79 Å². The number of amides is 1. The van der Waals surface area contributed by atoms with Crippen molar-refractivity contribution in [3.05, 3.63) is 80.1 Å². The van der Waals surface area contributed by atoms with Crippen molar-refractivity contribution in [2.24, 2.45) is 7.05 Å². The molecule has 0 fully saturated rings. The number of nitrogens with one attached hydrogen (secondary N) is 1. The van der Waals surface area contributed by atoms with E-state index in [4.69, 9.17) is 0 Å². The number of aromatic nitrogens is 6. The van der Waals surface area contributed by atoms with E-state index in [0.29, 0.717) is 16.1 Å². The van der Waals surface area contributed by atoms with E-state index in [0.717, 1.165) is 4.57 Å². The Balaban J connectivity index is 1.70. The summed E-state index contributed by atoms with van der Waals surface area (Å²) in [5, 5.41) is 2.67. The van der Waals surface area contributed by atoms with Gasteiger partial charge in [-0.1, -0.05) is 12.1 Å². The fraction of sp³-hybridized carbons (Fsp3) is 0.158. The zero-order chi connectivity index (χ0) is 21.3. The number of pyridine rings is 2. The van der Waals surface area contributed by atoms with Crippen LogP contribution >= 0.6 is 15.9 Å². The van der Waals surface area contributed by atoms with Gasteiger partial charge in [0.15, 0.2) is 11.2 Å². The second-order valence-corrected chi connectivity index (χ2v) is 7.30. The highest BCUT2D eigenvalue weighted by molar-refractivity contribution is 9.10. The lowest BCUT2D eigenvalue weighted by Gasteiger charge is -2.10. The van der Waals surface area contributed by atoms with Gasteiger partial charge in [-0.15, -0.1) is 0 Å². The zero-order valence-electron chi connectivity index (χ0n) is 15.8. The summed E-state index contributed by atoms with van der Waals surface area (Å²) in [6.45, 7) is -0.149. The Morgan fingerprint density at radius 2 is 1.97 bits per heavy atom. The third-order valence-corrected chi connectivity index (χ3v) is 4.89. The van der Waals surface area contributed by atoms with Crippen LogP contribution in [-0.2, 0) is 24.9 Å². The molecular formula is C19H16BrN7O3. The van der Waals surface area contributed by atoms with Gasteiger partial charge >= 0.3 is 5.69 Å². The molecule has 4 aromatic heterocycles. The molecule has 0 aliphatic heterocycles. The molecule has 30 heavy (non-hydrogen) atoms. The number of hydrogen-bond acceptors (Lipinski definition) is 6. The fourth-order valence-electron chi connectivity index (χ4n) is 3.05. The first-order valence-corrected chi connectivity index (χ1v) is 9.70. The van der Waals surface area contributed by atoms with Crippen LogP contribution in [0.25, 0.3) is 11.2 Å². The van der Waals surface area contributed by atoms with Crippen molar-refractivity contribution in [3.8, 4) is 0 Å². The SMILES string of the molecule is Cn1c(=O)n(Cc2ccccn2)c(=O)c2c1ncn2CC(=O)Nc1cccc(Br)n1. The maximum atomic E-state index is 13.1. The van der Waals surface area contributed by atoms with E-state index in [2.05, 4.69) is 36.2 Å². The maximum absolute atomic E-state index is 13.1. The van der Waals surface area contributed by atoms with Gasteiger partial charge in [0.05, 0.1) is 18.6 Å². The van der Waals surface area contributed by atoms with E-state index in [-0.39, 0.29) is 30.2 Å². The molecule has 0 aromatic carbocycles. The van der Waals surface area contributed by atoms with Crippen molar-refractivity contribution >= 4 is 38.8 Å². The Labute approximate surface area is 178 Å². The number of nitrogens with zero attached hydrogens (tertiary/aromatic N) is 6. The van der Waals surface area contributed by atoms with E-state index >= 15 is 0 Å². The van der Waals surface area contributed by atoms with Crippen LogP contribution in [0.2, 0.25) is 0 Å². The molecule has 0 radical (unpaired) electrons. The van der Waals surface area contributed by atoms with Gasteiger partial charge in [-0.3, -0.25) is 23.7 Å². The van der Waals surface area contributed by atoms with Gasteiger partial charge in [-0.25, -0.2) is 14.8 Å². The van der Waals surface area contributed by atoms with Gasteiger partial charge in [-0.2, -0.15) is 0 Å². The van der Waals surface area contributed by atoms with E-state index in [1.54, 1.807) is 42.6 Å². The first-order chi connectivity index (χ1) is 14.4. The highest BCUT2D eigenvalue weighted by atomic mass is 79.9. The zero-order valence-corrected chi connectivity index (χ0v) is 17.4. The number of imidazole rings is 1. The molecule has 10 nitrogen and oxygen atoms in total. The molecule has 4 heterocycles. The number of hydrogen-bond donors (Lipinski definition) is 1. The Hall–Kier alpha value is -3.60. The minimum absolute atomic E-state index is 0.0155. The van der Waals surface area contributed by atoms with Crippen molar-refractivity contribution in [1.29, 1.82) is 0 Å². The minimum Gasteiger partial charge on any atom is -0.315 e. The first kappa shape index (κ1) is 19.7. The monoisotopic (exact) mass is 469 g/mol. The van der Waals surface area contributed by atoms with Crippen LogP contribution in [0, 0.1) is 0 Å². The van der Waals surface area contributed by atoms with Gasteiger partial charge in [0.1, 0.15) is 17.0 Å². The lowest BCUT2D eigenvalue weighted by atomic mass is 10.3. The predicted molar refractivity (Wildman–Crippen MR) is 113 cm³/mol. The quantitative estimate of drug-likeness (QED) is 0.438. The van der Waals surface area contributed by atoms with Gasteiger partial charge in [0.2, 0.25) is 5.91 Å². The molecule has 4 rings (SSSR count). The molecule has 0 spiro atoms. The molecule has 1 N–H and O–H groups in total. The summed E-state index contributed by atoms with van der Waals surface area (Å²) in [4.78, 5) is 50.7. The second kappa shape index (κ2) is 8.03. The van der Waals surface area contributed by atoms with Gasteiger partial charge < -0.3 is 9.88 Å². The van der Waals surface area contributed by atoms with Crippen LogP contribution in [0.4, 0.5) is 5.82 Å². The number of halogens is 1. The molecule has 0 aliphatic carbocycles. The molecular weight excluding hydrogens is 454 g/mol. The molecule has 0 saturated heterocycles. The van der Waals surface area contributed by atoms with Gasteiger partial charge in [-0.05, 0) is 40.2 Å². The molecule has 1 amide bonds. The molecule has 11 heteroatoms. The summed E-state index contributed by atoms with van der Waals surface area (Å²) >= 11 is 3.25. The number of fused-ring (bicyclic) bond motifs is 1. The van der Waals surface area contributed by atoms with Crippen molar-refractivity contribution in [2.45, 2.75) is 13.1 Å². The molecule has 0 saturated carbocycles. The smallest absolute Gasteiger partial charge is 0.315 e. The average Bonchev–Trinajstić information content (AvgIpc) is 3.14. The summed E-state index contributed by atoms with van der Waals surface area (Å²) in [5.41, 5.74) is -0.113. The fourth-order valence-corrected chi connectivity index (χ4v) is 3.39. The van der Waals surface area contributed by atoms with E-state index in [1.807, 2.05) is 0 Å². The maximum Gasteiger partial charge on any atom is 0.332 e. The number of rotatable bonds is 5. The largest absolute Gasteiger partial charge is 0.332 e. The van der Waals surface area contributed by atoms with E-state index < -0.39 is 11.2 Å². The lowest BCUT2D eigenvalue weighted by Crippen LogP contribution is -2.40. The summed E-state index contributed by atoms with van der Waals surface area (Å²) in [7, 11) is 1.53. The van der Waals surface area contributed by atoms with Crippen molar-refractivity contribution in [1.82, 2.24) is 28.7 Å². The number of aryl methyl sites for hydroxylation is 1. The average molecular weight is 470 g/mol. The topological polar surface area (TPSA) is 117 Å². The van der Waals surface area contributed by atoms with Crippen LogP contribution < -0.4 is 16.6 Å². The van der Waals surface area contributed by atoms with Crippen LogP contribution in [0.1, 0.15) is 5.69 Å². The second-order valence-electron chi connectivity index (χ2n) is 6.49. The van der Waals surface area contributed by atoms with E-state index in [9.17, 15) is 14.4 Å². The Morgan fingerprint density at radius 1 is 1.13 bits per heavy atom. The van der Waals surface area contributed by atoms with Crippen LogP contribution in [0.3, 0.4) is 0 Å². The third kappa shape index (κ3) is 3.79. The number of carbonyl (C=O) groups excluding carboxylic acids is 1. The van der Waals surface area contributed by atoms with Crippen LogP contribution in [0.5, 0.6) is 0 Å². The van der Waals surface area contributed by atoms with E-state index in [1.165, 1.54) is 22.5 Å². The standard InChI is InChI=1S/C19H16BrN7O3/c1-25-17-16(18(29)27(19(25)30)9-12-5-2-3-8-21-12)26(11-22-17)10-15(28)24-14-7-4-6-13(20)23-14/h2-8,11H,9-10H2,1H3,(H,23,24,28). The summed E-state index contributed by atoms with van der Waals surface area (Å²) in [6, 6.07) is 10.4. The summed E-state index contributed by atoms with van der Waals surface area (Å²) < 4.78 is 4.36. The Kier molecular flexibility index (Phi) is 5.27. The number of carbonyl (C=O) groups is 1. The van der Waals surface area contributed by atoms with Crippen LogP contribution in [0.15, 0.2) is 63.1 Å². The Bertz CT molecular complexity index is 1360. The van der Waals surface area contributed by atoms with Gasteiger partial charge in [0, 0.05) is 13.2 Å². The number of anilines is 1. The van der Waals surface area contributed by atoms with Crippen molar-refractivity contribution in [3.63, 3.8) is 0 Å². The Morgan fingerprint density at radius 3 is 2.70 bits per heavy atom. The normalized spacial score (nSPS) is 11.0. The third-order valence-electron chi connectivity index (χ3n) is 4.44. The summed E-state index contributed by atoms with van der Waals surface area (Å²) in [5.74, 6) is -0.0109. The van der Waals surface area contributed by atoms with Gasteiger partial charge in [0.25, 0.3) is 5.56 Å². The molecule has 0 atom stereocenters.